The smallest absolute Gasteiger partial charge is 0.388 e. The third-order valence-corrected chi connectivity index (χ3v) is 3.33. The predicted octanol–water partition coefficient (Wildman–Crippen LogP) is 3.48. The van der Waals surface area contributed by atoms with Crippen LogP contribution in [0.5, 0.6) is 0 Å². The third-order valence-electron chi connectivity index (χ3n) is 3.33. The Morgan fingerprint density at radius 1 is 1.14 bits per heavy atom. The minimum atomic E-state index is -4.53. The molecule has 4 nitrogen and oxygen atoms in total. The number of rotatable bonds is 3. The molecule has 0 aliphatic heterocycles. The first-order valence-electron chi connectivity index (χ1n) is 6.56. The molecule has 1 fully saturated rings. The number of anilines is 1. The fraction of sp³-hybridized carbons (Fsp3) is 0.357. The van der Waals surface area contributed by atoms with E-state index in [-0.39, 0.29) is 0 Å². The summed E-state index contributed by atoms with van der Waals surface area (Å²) in [6.07, 6.45) is -0.00720. The molecular weight excluding hydrogens is 281 g/mol. The molecule has 1 aliphatic carbocycles. The number of halogens is 3. The van der Waals surface area contributed by atoms with Gasteiger partial charge in [-0.2, -0.15) is 13.2 Å². The molecule has 110 valence electrons. The lowest BCUT2D eigenvalue weighted by Gasteiger charge is -2.09. The second-order valence-electron chi connectivity index (χ2n) is 4.98. The molecule has 1 N–H and O–H groups in total. The zero-order valence-electron chi connectivity index (χ0n) is 11.3. The van der Waals surface area contributed by atoms with Crippen molar-refractivity contribution in [3.05, 3.63) is 36.0 Å². The van der Waals surface area contributed by atoms with Crippen LogP contribution in [0.4, 0.5) is 18.9 Å². The Hall–Kier alpha value is -2.18. The van der Waals surface area contributed by atoms with Gasteiger partial charge in [0.25, 0.3) is 0 Å². The fourth-order valence-corrected chi connectivity index (χ4v) is 2.04. The molecule has 2 heterocycles. The van der Waals surface area contributed by atoms with E-state index in [9.17, 15) is 13.2 Å². The first-order chi connectivity index (χ1) is 9.97. The van der Waals surface area contributed by atoms with Crippen LogP contribution in [0.3, 0.4) is 0 Å². The number of hydrogen-bond acceptors (Lipinski definition) is 4. The maximum atomic E-state index is 12.5. The highest BCUT2D eigenvalue weighted by Crippen LogP contribution is 2.40. The number of aromatic nitrogens is 3. The van der Waals surface area contributed by atoms with Crippen LogP contribution < -0.4 is 5.32 Å². The van der Waals surface area contributed by atoms with E-state index in [0.29, 0.717) is 17.2 Å². The molecule has 0 radical (unpaired) electrons. The predicted molar refractivity (Wildman–Crippen MR) is 71.8 cm³/mol. The second-order valence-corrected chi connectivity index (χ2v) is 4.98. The summed E-state index contributed by atoms with van der Waals surface area (Å²) in [5.74, 6) is -0.689. The molecule has 1 saturated carbocycles. The third kappa shape index (κ3) is 2.96. The molecule has 7 heteroatoms. The largest absolute Gasteiger partial charge is 0.451 e. The lowest BCUT2D eigenvalue weighted by molar-refractivity contribution is -0.144. The molecule has 0 unspecified atom stereocenters. The van der Waals surface area contributed by atoms with Crippen molar-refractivity contribution in [2.45, 2.75) is 24.9 Å². The Morgan fingerprint density at radius 2 is 1.81 bits per heavy atom. The highest BCUT2D eigenvalue weighted by Gasteiger charge is 2.34. The topological polar surface area (TPSA) is 50.7 Å². The van der Waals surface area contributed by atoms with Gasteiger partial charge in [-0.25, -0.2) is 9.97 Å². The highest BCUT2D eigenvalue weighted by atomic mass is 19.4. The summed E-state index contributed by atoms with van der Waals surface area (Å²) in [6.45, 7) is 0. The Balaban J connectivity index is 1.97. The average molecular weight is 294 g/mol. The number of nitrogens with zero attached hydrogens (tertiary/aromatic N) is 3. The van der Waals surface area contributed by atoms with Crippen LogP contribution in [0.1, 0.15) is 30.3 Å². The van der Waals surface area contributed by atoms with Crippen molar-refractivity contribution in [2.24, 2.45) is 0 Å². The minimum absolute atomic E-state index is 0.451. The molecular formula is C14H13F3N4. The van der Waals surface area contributed by atoms with E-state index in [0.717, 1.165) is 36.6 Å². The fourth-order valence-electron chi connectivity index (χ4n) is 2.04. The van der Waals surface area contributed by atoms with Crippen LogP contribution in [-0.2, 0) is 6.18 Å². The number of hydrogen-bond donors (Lipinski definition) is 1. The maximum absolute atomic E-state index is 12.5. The van der Waals surface area contributed by atoms with E-state index in [1.54, 1.807) is 13.1 Å². The van der Waals surface area contributed by atoms with Gasteiger partial charge in [0.15, 0.2) is 0 Å². The van der Waals surface area contributed by atoms with E-state index in [4.69, 9.17) is 0 Å². The summed E-state index contributed by atoms with van der Waals surface area (Å²) in [4.78, 5) is 11.3. The van der Waals surface area contributed by atoms with Crippen LogP contribution >= 0.6 is 0 Å². The first kappa shape index (κ1) is 13.8. The van der Waals surface area contributed by atoms with Gasteiger partial charge in [-0.15, -0.1) is 0 Å². The summed E-state index contributed by atoms with van der Waals surface area (Å²) in [7, 11) is 1.79. The van der Waals surface area contributed by atoms with E-state index < -0.39 is 12.0 Å². The van der Waals surface area contributed by atoms with Gasteiger partial charge in [-0.3, -0.25) is 4.98 Å². The molecule has 0 bridgehead atoms. The van der Waals surface area contributed by atoms with Crippen molar-refractivity contribution in [3.8, 4) is 11.3 Å². The maximum Gasteiger partial charge on any atom is 0.451 e. The van der Waals surface area contributed by atoms with Gasteiger partial charge < -0.3 is 5.32 Å². The Labute approximate surface area is 119 Å². The SMILES string of the molecule is CNc1cc(-c2cnc(C(F)(F)F)nc2)nc(C2CC2)c1. The molecule has 3 rings (SSSR count). The monoisotopic (exact) mass is 294 g/mol. The number of alkyl halides is 3. The van der Waals surface area contributed by atoms with Crippen LogP contribution in [0.25, 0.3) is 11.3 Å². The van der Waals surface area contributed by atoms with Gasteiger partial charge in [0.1, 0.15) is 0 Å². The van der Waals surface area contributed by atoms with E-state index >= 15 is 0 Å². The van der Waals surface area contributed by atoms with Crippen molar-refractivity contribution >= 4 is 5.69 Å². The summed E-state index contributed by atoms with van der Waals surface area (Å²) in [5, 5.41) is 3.03. The molecule has 2 aromatic rings. The highest BCUT2D eigenvalue weighted by molar-refractivity contribution is 5.63. The Kier molecular flexibility index (Phi) is 3.27. The van der Waals surface area contributed by atoms with E-state index in [1.165, 1.54) is 0 Å². The molecule has 1 aliphatic rings. The molecule has 0 atom stereocenters. The van der Waals surface area contributed by atoms with Crippen molar-refractivity contribution in [1.29, 1.82) is 0 Å². The lowest BCUT2D eigenvalue weighted by atomic mass is 10.1. The summed E-state index contributed by atoms with van der Waals surface area (Å²) in [6, 6.07) is 3.74. The van der Waals surface area contributed by atoms with Gasteiger partial charge >= 0.3 is 6.18 Å². The van der Waals surface area contributed by atoms with Crippen LogP contribution in [0.2, 0.25) is 0 Å². The normalized spacial score (nSPS) is 15.0. The van der Waals surface area contributed by atoms with Crippen molar-refractivity contribution in [3.63, 3.8) is 0 Å². The van der Waals surface area contributed by atoms with E-state index in [1.807, 2.05) is 6.07 Å². The van der Waals surface area contributed by atoms with Crippen LogP contribution in [0.15, 0.2) is 24.5 Å². The molecule has 0 saturated heterocycles. The summed E-state index contributed by atoms with van der Waals surface area (Å²) >= 11 is 0. The number of pyridine rings is 1. The van der Waals surface area contributed by atoms with Crippen molar-refractivity contribution in [1.82, 2.24) is 15.0 Å². The minimum Gasteiger partial charge on any atom is -0.388 e. The van der Waals surface area contributed by atoms with Crippen molar-refractivity contribution in [2.75, 3.05) is 12.4 Å². The summed E-state index contributed by atoms with van der Waals surface area (Å²) in [5.41, 5.74) is 2.89. The van der Waals surface area contributed by atoms with E-state index in [2.05, 4.69) is 20.3 Å². The van der Waals surface area contributed by atoms with Crippen LogP contribution in [-0.4, -0.2) is 22.0 Å². The molecule has 0 spiro atoms. The quantitative estimate of drug-likeness (QED) is 0.941. The lowest BCUT2D eigenvalue weighted by Crippen LogP contribution is -2.10. The summed E-state index contributed by atoms with van der Waals surface area (Å²) < 4.78 is 37.4. The van der Waals surface area contributed by atoms with Gasteiger partial charge in [0, 0.05) is 42.3 Å². The van der Waals surface area contributed by atoms with Gasteiger partial charge in [0.2, 0.25) is 5.82 Å². The number of nitrogens with one attached hydrogen (secondary N) is 1. The van der Waals surface area contributed by atoms with Crippen molar-refractivity contribution < 1.29 is 13.2 Å². The van der Waals surface area contributed by atoms with Gasteiger partial charge in [-0.1, -0.05) is 0 Å². The average Bonchev–Trinajstić information content (AvgIpc) is 3.30. The Bertz CT molecular complexity index is 648. The van der Waals surface area contributed by atoms with Gasteiger partial charge in [-0.05, 0) is 25.0 Å². The standard InChI is InChI=1S/C14H13F3N4/c1-18-10-4-11(8-2-3-8)21-12(5-10)9-6-19-13(20-7-9)14(15,16)17/h4-8H,2-3H2,1H3,(H,18,21). The Morgan fingerprint density at radius 3 is 2.33 bits per heavy atom. The second kappa shape index (κ2) is 4.98. The first-order valence-corrected chi connectivity index (χ1v) is 6.56. The molecule has 21 heavy (non-hydrogen) atoms. The molecule has 2 aromatic heterocycles. The zero-order chi connectivity index (χ0) is 15.0. The molecule has 0 aromatic carbocycles. The van der Waals surface area contributed by atoms with Crippen LogP contribution in [0, 0.1) is 0 Å². The van der Waals surface area contributed by atoms with Gasteiger partial charge in [0.05, 0.1) is 5.69 Å². The molecule has 0 amide bonds. The zero-order valence-corrected chi connectivity index (χ0v) is 11.3.